The van der Waals surface area contributed by atoms with E-state index in [2.05, 4.69) is 16.0 Å². The standard InChI is InChI=1S/C14H20N4/c1-18(10-11-5-3-2-4-6-11)14-13(16)7-12(8-15)9-17-14/h7,9,11H,2-6,10,16H2,1H3. The predicted molar refractivity (Wildman–Crippen MR) is 73.2 cm³/mol. The fraction of sp³-hybridized carbons (Fsp3) is 0.571. The minimum atomic E-state index is 0.516. The zero-order valence-corrected chi connectivity index (χ0v) is 10.9. The lowest BCUT2D eigenvalue weighted by Gasteiger charge is -2.28. The number of nitrogens with two attached hydrogens (primary N) is 1. The monoisotopic (exact) mass is 244 g/mol. The fourth-order valence-corrected chi connectivity index (χ4v) is 2.70. The van der Waals surface area contributed by atoms with Crippen LogP contribution in [0.5, 0.6) is 0 Å². The van der Waals surface area contributed by atoms with E-state index in [1.165, 1.54) is 32.1 Å². The lowest BCUT2D eigenvalue weighted by atomic mass is 9.89. The summed E-state index contributed by atoms with van der Waals surface area (Å²) in [5, 5.41) is 8.79. The van der Waals surface area contributed by atoms with Crippen LogP contribution in [0.15, 0.2) is 12.3 Å². The molecular weight excluding hydrogens is 224 g/mol. The molecule has 1 heterocycles. The van der Waals surface area contributed by atoms with E-state index in [9.17, 15) is 0 Å². The number of hydrogen-bond acceptors (Lipinski definition) is 4. The van der Waals surface area contributed by atoms with Crippen molar-refractivity contribution < 1.29 is 0 Å². The number of anilines is 2. The van der Waals surface area contributed by atoms with Crippen LogP contribution in [0.2, 0.25) is 0 Å². The van der Waals surface area contributed by atoms with Crippen molar-refractivity contribution >= 4 is 11.5 Å². The average Bonchev–Trinajstić information content (AvgIpc) is 2.39. The number of nitriles is 1. The minimum absolute atomic E-state index is 0.516. The van der Waals surface area contributed by atoms with Gasteiger partial charge in [0.1, 0.15) is 6.07 Å². The predicted octanol–water partition coefficient (Wildman–Crippen LogP) is 2.55. The molecule has 2 N–H and O–H groups in total. The van der Waals surface area contributed by atoms with Gasteiger partial charge in [-0.05, 0) is 24.8 Å². The first-order chi connectivity index (χ1) is 8.70. The molecule has 1 saturated carbocycles. The van der Waals surface area contributed by atoms with Gasteiger partial charge in [0, 0.05) is 19.8 Å². The van der Waals surface area contributed by atoms with Crippen LogP contribution in [0.25, 0.3) is 0 Å². The third-order valence-corrected chi connectivity index (χ3v) is 3.64. The number of nitrogens with zero attached hydrogens (tertiary/aromatic N) is 3. The quantitative estimate of drug-likeness (QED) is 0.887. The summed E-state index contributed by atoms with van der Waals surface area (Å²) in [7, 11) is 2.03. The lowest BCUT2D eigenvalue weighted by molar-refractivity contribution is 0.361. The van der Waals surface area contributed by atoms with E-state index in [1.54, 1.807) is 12.3 Å². The molecule has 0 amide bonds. The third-order valence-electron chi connectivity index (χ3n) is 3.64. The smallest absolute Gasteiger partial charge is 0.151 e. The van der Waals surface area contributed by atoms with E-state index in [1.807, 2.05) is 7.05 Å². The summed E-state index contributed by atoms with van der Waals surface area (Å²) >= 11 is 0. The first kappa shape index (κ1) is 12.7. The first-order valence-corrected chi connectivity index (χ1v) is 6.57. The normalized spacial score (nSPS) is 16.2. The maximum atomic E-state index is 8.79. The van der Waals surface area contributed by atoms with Gasteiger partial charge in [-0.1, -0.05) is 19.3 Å². The Morgan fingerprint density at radius 3 is 2.78 bits per heavy atom. The van der Waals surface area contributed by atoms with Crippen LogP contribution in [0.4, 0.5) is 11.5 Å². The van der Waals surface area contributed by atoms with Crippen molar-refractivity contribution in [2.75, 3.05) is 24.2 Å². The summed E-state index contributed by atoms with van der Waals surface area (Å²) < 4.78 is 0. The number of aromatic nitrogens is 1. The number of nitrogen functional groups attached to an aromatic ring is 1. The molecule has 1 aliphatic carbocycles. The van der Waals surface area contributed by atoms with Crippen molar-refractivity contribution in [3.8, 4) is 6.07 Å². The van der Waals surface area contributed by atoms with Crippen molar-refractivity contribution in [1.82, 2.24) is 4.98 Å². The second-order valence-electron chi connectivity index (χ2n) is 5.13. The van der Waals surface area contributed by atoms with E-state index in [0.29, 0.717) is 11.3 Å². The topological polar surface area (TPSA) is 65.9 Å². The summed E-state index contributed by atoms with van der Waals surface area (Å²) in [6.07, 6.45) is 8.26. The molecule has 0 spiro atoms. The second kappa shape index (κ2) is 5.72. The Morgan fingerprint density at radius 1 is 1.44 bits per heavy atom. The summed E-state index contributed by atoms with van der Waals surface area (Å²) in [4.78, 5) is 6.41. The zero-order chi connectivity index (χ0) is 13.0. The highest BCUT2D eigenvalue weighted by molar-refractivity contribution is 5.64. The van der Waals surface area contributed by atoms with Crippen molar-refractivity contribution in [3.63, 3.8) is 0 Å². The summed E-state index contributed by atoms with van der Waals surface area (Å²) in [5.41, 5.74) is 7.05. The molecule has 1 aromatic rings. The van der Waals surface area contributed by atoms with Crippen molar-refractivity contribution in [1.29, 1.82) is 5.26 Å². The van der Waals surface area contributed by atoms with Gasteiger partial charge in [0.15, 0.2) is 5.82 Å². The Balaban J connectivity index is 2.04. The minimum Gasteiger partial charge on any atom is -0.396 e. The molecule has 0 aliphatic heterocycles. The van der Waals surface area contributed by atoms with Crippen LogP contribution in [-0.2, 0) is 0 Å². The molecule has 4 nitrogen and oxygen atoms in total. The van der Waals surface area contributed by atoms with Gasteiger partial charge in [0.2, 0.25) is 0 Å². The largest absolute Gasteiger partial charge is 0.396 e. The van der Waals surface area contributed by atoms with Crippen LogP contribution >= 0.6 is 0 Å². The van der Waals surface area contributed by atoms with Gasteiger partial charge in [0.05, 0.1) is 11.3 Å². The van der Waals surface area contributed by atoms with Gasteiger partial charge in [-0.25, -0.2) is 4.98 Å². The molecule has 4 heteroatoms. The van der Waals surface area contributed by atoms with E-state index in [0.717, 1.165) is 18.3 Å². The molecule has 0 unspecified atom stereocenters. The highest BCUT2D eigenvalue weighted by Gasteiger charge is 2.17. The molecule has 1 fully saturated rings. The van der Waals surface area contributed by atoms with Crippen LogP contribution in [-0.4, -0.2) is 18.6 Å². The number of pyridine rings is 1. The Kier molecular flexibility index (Phi) is 4.03. The fourth-order valence-electron chi connectivity index (χ4n) is 2.70. The van der Waals surface area contributed by atoms with E-state index >= 15 is 0 Å². The third kappa shape index (κ3) is 2.92. The second-order valence-corrected chi connectivity index (χ2v) is 5.13. The summed E-state index contributed by atoms with van der Waals surface area (Å²) in [6.45, 7) is 1.00. The molecule has 18 heavy (non-hydrogen) atoms. The molecule has 2 rings (SSSR count). The molecule has 0 radical (unpaired) electrons. The van der Waals surface area contributed by atoms with Crippen LogP contribution < -0.4 is 10.6 Å². The Labute approximate surface area is 108 Å². The van der Waals surface area contributed by atoms with E-state index < -0.39 is 0 Å². The van der Waals surface area contributed by atoms with Gasteiger partial charge in [-0.3, -0.25) is 0 Å². The Hall–Kier alpha value is -1.76. The van der Waals surface area contributed by atoms with Crippen LogP contribution in [0.3, 0.4) is 0 Å². The molecule has 0 saturated heterocycles. The van der Waals surface area contributed by atoms with Gasteiger partial charge in [-0.15, -0.1) is 0 Å². The maximum absolute atomic E-state index is 8.79. The molecule has 1 aromatic heterocycles. The summed E-state index contributed by atoms with van der Waals surface area (Å²) in [5.74, 6) is 1.54. The number of hydrogen-bond donors (Lipinski definition) is 1. The SMILES string of the molecule is CN(CC1CCCCC1)c1ncc(C#N)cc1N. The molecule has 96 valence electrons. The first-order valence-electron chi connectivity index (χ1n) is 6.57. The van der Waals surface area contributed by atoms with Crippen LogP contribution in [0.1, 0.15) is 37.7 Å². The highest BCUT2D eigenvalue weighted by Crippen LogP contribution is 2.27. The zero-order valence-electron chi connectivity index (χ0n) is 10.9. The van der Waals surface area contributed by atoms with Gasteiger partial charge in [-0.2, -0.15) is 5.26 Å². The van der Waals surface area contributed by atoms with Gasteiger partial charge >= 0.3 is 0 Å². The van der Waals surface area contributed by atoms with E-state index in [4.69, 9.17) is 11.0 Å². The molecular formula is C14H20N4. The highest BCUT2D eigenvalue weighted by atomic mass is 15.2. The lowest BCUT2D eigenvalue weighted by Crippen LogP contribution is -2.28. The average molecular weight is 244 g/mol. The molecule has 1 aliphatic rings. The maximum Gasteiger partial charge on any atom is 0.151 e. The van der Waals surface area contributed by atoms with Crippen molar-refractivity contribution in [2.24, 2.45) is 5.92 Å². The summed E-state index contributed by atoms with van der Waals surface area (Å²) in [6, 6.07) is 3.75. The van der Waals surface area contributed by atoms with E-state index in [-0.39, 0.29) is 0 Å². The van der Waals surface area contributed by atoms with Gasteiger partial charge in [0.25, 0.3) is 0 Å². The van der Waals surface area contributed by atoms with Crippen molar-refractivity contribution in [3.05, 3.63) is 17.8 Å². The number of rotatable bonds is 3. The van der Waals surface area contributed by atoms with Crippen LogP contribution in [0, 0.1) is 17.2 Å². The molecule has 0 aromatic carbocycles. The van der Waals surface area contributed by atoms with Gasteiger partial charge < -0.3 is 10.6 Å². The Bertz CT molecular complexity index is 444. The molecule has 0 bridgehead atoms. The Morgan fingerprint density at radius 2 is 2.17 bits per heavy atom. The van der Waals surface area contributed by atoms with Crippen molar-refractivity contribution in [2.45, 2.75) is 32.1 Å². The molecule has 0 atom stereocenters.